The Morgan fingerprint density at radius 1 is 1.12 bits per heavy atom. The molecule has 0 aliphatic carbocycles. The van der Waals surface area contributed by atoms with E-state index in [1.54, 1.807) is 0 Å². The Labute approximate surface area is 96.4 Å². The number of carbonyl (C=O) groups excluding carboxylic acids is 1. The third-order valence-electron chi connectivity index (χ3n) is 2.03. The van der Waals surface area contributed by atoms with E-state index in [-0.39, 0.29) is 5.97 Å². The zero-order valence-electron chi connectivity index (χ0n) is 9.65. The number of carbonyl (C=O) groups is 1. The van der Waals surface area contributed by atoms with Gasteiger partial charge in [0.1, 0.15) is 6.61 Å². The molecule has 0 atom stereocenters. The van der Waals surface area contributed by atoms with Gasteiger partial charge in [-0.2, -0.15) is 0 Å². The van der Waals surface area contributed by atoms with Gasteiger partial charge in [0.25, 0.3) is 0 Å². The summed E-state index contributed by atoms with van der Waals surface area (Å²) < 4.78 is 10.2. The van der Waals surface area contributed by atoms with Gasteiger partial charge in [-0.15, -0.1) is 0 Å². The number of benzene rings is 1. The summed E-state index contributed by atoms with van der Waals surface area (Å²) in [7, 11) is 0. The van der Waals surface area contributed by atoms with Crippen molar-refractivity contribution < 1.29 is 14.3 Å². The van der Waals surface area contributed by atoms with E-state index < -0.39 is 0 Å². The Hall–Kier alpha value is -1.35. The van der Waals surface area contributed by atoms with Crippen LogP contribution in [-0.2, 0) is 20.7 Å². The van der Waals surface area contributed by atoms with E-state index in [0.29, 0.717) is 19.6 Å². The predicted octanol–water partition coefficient (Wildman–Crippen LogP) is 2.20. The van der Waals surface area contributed by atoms with Gasteiger partial charge in [0.15, 0.2) is 0 Å². The van der Waals surface area contributed by atoms with Crippen molar-refractivity contribution in [3.05, 3.63) is 35.9 Å². The van der Waals surface area contributed by atoms with Crippen LogP contribution in [-0.4, -0.2) is 25.8 Å². The summed E-state index contributed by atoms with van der Waals surface area (Å²) in [4.78, 5) is 11.4. The van der Waals surface area contributed by atoms with Crippen LogP contribution in [0.15, 0.2) is 30.3 Å². The van der Waals surface area contributed by atoms with Crippen molar-refractivity contribution in [3.8, 4) is 0 Å². The van der Waals surface area contributed by atoms with E-state index in [2.05, 4.69) is 0 Å². The van der Waals surface area contributed by atoms with Gasteiger partial charge in [-0.25, -0.2) is 0 Å². The van der Waals surface area contributed by atoms with Crippen molar-refractivity contribution in [3.63, 3.8) is 0 Å². The Morgan fingerprint density at radius 3 is 2.56 bits per heavy atom. The van der Waals surface area contributed by atoms with Crippen LogP contribution in [0.2, 0.25) is 0 Å². The van der Waals surface area contributed by atoms with Crippen LogP contribution in [0.5, 0.6) is 0 Å². The van der Waals surface area contributed by atoms with Crippen LogP contribution < -0.4 is 0 Å². The first-order valence-corrected chi connectivity index (χ1v) is 5.60. The summed E-state index contributed by atoms with van der Waals surface area (Å²) in [6.45, 7) is 3.58. The van der Waals surface area contributed by atoms with Gasteiger partial charge in [-0.3, -0.25) is 4.79 Å². The number of hydrogen-bond acceptors (Lipinski definition) is 3. The molecule has 16 heavy (non-hydrogen) atoms. The zero-order valence-corrected chi connectivity index (χ0v) is 9.65. The van der Waals surface area contributed by atoms with Crippen molar-refractivity contribution >= 4 is 5.97 Å². The molecule has 3 nitrogen and oxygen atoms in total. The lowest BCUT2D eigenvalue weighted by atomic mass is 10.2. The third-order valence-corrected chi connectivity index (χ3v) is 2.03. The van der Waals surface area contributed by atoms with Gasteiger partial charge >= 0.3 is 5.97 Å². The van der Waals surface area contributed by atoms with E-state index in [0.717, 1.165) is 18.6 Å². The quantitative estimate of drug-likeness (QED) is 0.524. The Morgan fingerprint density at radius 2 is 1.88 bits per heavy atom. The SMILES string of the molecule is CCCOCCOC(=O)Cc1ccccc1. The number of hydrogen-bond donors (Lipinski definition) is 0. The van der Waals surface area contributed by atoms with Crippen molar-refractivity contribution in [2.45, 2.75) is 19.8 Å². The first-order chi connectivity index (χ1) is 7.83. The molecule has 0 fully saturated rings. The van der Waals surface area contributed by atoms with Crippen molar-refractivity contribution in [1.82, 2.24) is 0 Å². The largest absolute Gasteiger partial charge is 0.463 e. The van der Waals surface area contributed by atoms with Crippen LogP contribution >= 0.6 is 0 Å². The average Bonchev–Trinajstić information content (AvgIpc) is 2.30. The molecule has 0 aliphatic rings. The van der Waals surface area contributed by atoms with E-state index >= 15 is 0 Å². The summed E-state index contributed by atoms with van der Waals surface area (Å²) in [5, 5.41) is 0. The fourth-order valence-electron chi connectivity index (χ4n) is 1.27. The highest BCUT2D eigenvalue weighted by atomic mass is 16.6. The van der Waals surface area contributed by atoms with Crippen LogP contribution in [0.1, 0.15) is 18.9 Å². The first kappa shape index (κ1) is 12.7. The molecule has 0 unspecified atom stereocenters. The van der Waals surface area contributed by atoms with Crippen LogP contribution in [0, 0.1) is 0 Å². The van der Waals surface area contributed by atoms with Gasteiger partial charge in [-0.1, -0.05) is 37.3 Å². The molecule has 0 spiro atoms. The lowest BCUT2D eigenvalue weighted by Gasteiger charge is -2.05. The van der Waals surface area contributed by atoms with Crippen molar-refractivity contribution in [1.29, 1.82) is 0 Å². The molecule has 0 saturated carbocycles. The average molecular weight is 222 g/mol. The van der Waals surface area contributed by atoms with Crippen molar-refractivity contribution in [2.75, 3.05) is 19.8 Å². The maximum atomic E-state index is 11.4. The molecule has 0 saturated heterocycles. The van der Waals surface area contributed by atoms with Gasteiger partial charge in [0, 0.05) is 6.61 Å². The minimum atomic E-state index is -0.203. The highest BCUT2D eigenvalue weighted by molar-refractivity contribution is 5.72. The molecule has 0 radical (unpaired) electrons. The number of rotatable bonds is 7. The molecular weight excluding hydrogens is 204 g/mol. The van der Waals surface area contributed by atoms with Gasteiger partial charge in [-0.05, 0) is 12.0 Å². The van der Waals surface area contributed by atoms with E-state index in [4.69, 9.17) is 9.47 Å². The van der Waals surface area contributed by atoms with E-state index in [1.165, 1.54) is 0 Å². The van der Waals surface area contributed by atoms with Crippen LogP contribution in [0.4, 0.5) is 0 Å². The molecule has 0 bridgehead atoms. The van der Waals surface area contributed by atoms with Crippen LogP contribution in [0.25, 0.3) is 0 Å². The second-order valence-corrected chi connectivity index (χ2v) is 3.50. The van der Waals surface area contributed by atoms with Crippen LogP contribution in [0.3, 0.4) is 0 Å². The zero-order chi connectivity index (χ0) is 11.6. The normalized spacial score (nSPS) is 10.1. The molecule has 0 aliphatic heterocycles. The van der Waals surface area contributed by atoms with Gasteiger partial charge in [0.05, 0.1) is 13.0 Å². The summed E-state index contributed by atoms with van der Waals surface area (Å²) in [6.07, 6.45) is 1.31. The molecule has 1 rings (SSSR count). The Balaban J connectivity index is 2.12. The summed E-state index contributed by atoms with van der Waals surface area (Å²) >= 11 is 0. The van der Waals surface area contributed by atoms with Gasteiger partial charge < -0.3 is 9.47 Å². The van der Waals surface area contributed by atoms with E-state index in [9.17, 15) is 4.79 Å². The molecule has 0 aromatic heterocycles. The molecule has 0 heterocycles. The topological polar surface area (TPSA) is 35.5 Å². The fraction of sp³-hybridized carbons (Fsp3) is 0.462. The van der Waals surface area contributed by atoms with Gasteiger partial charge in [0.2, 0.25) is 0 Å². The molecule has 3 heteroatoms. The highest BCUT2D eigenvalue weighted by Crippen LogP contribution is 2.00. The highest BCUT2D eigenvalue weighted by Gasteiger charge is 2.03. The molecule has 1 aromatic rings. The number of ether oxygens (including phenoxy) is 2. The summed E-state index contributed by atoms with van der Waals surface area (Å²) in [5.74, 6) is -0.203. The Bertz CT molecular complexity index is 295. The lowest BCUT2D eigenvalue weighted by molar-refractivity contribution is -0.144. The second kappa shape index (κ2) is 7.88. The fourth-order valence-corrected chi connectivity index (χ4v) is 1.27. The molecule has 0 amide bonds. The number of esters is 1. The predicted molar refractivity (Wildman–Crippen MR) is 62.2 cm³/mol. The molecule has 0 N–H and O–H groups in total. The monoisotopic (exact) mass is 222 g/mol. The third kappa shape index (κ3) is 5.51. The second-order valence-electron chi connectivity index (χ2n) is 3.50. The standard InChI is InChI=1S/C13H18O3/c1-2-8-15-9-10-16-13(14)11-12-6-4-3-5-7-12/h3-7H,2,8-11H2,1H3. The van der Waals surface area contributed by atoms with E-state index in [1.807, 2.05) is 37.3 Å². The minimum Gasteiger partial charge on any atom is -0.463 e. The maximum absolute atomic E-state index is 11.4. The summed E-state index contributed by atoms with van der Waals surface area (Å²) in [5.41, 5.74) is 0.974. The maximum Gasteiger partial charge on any atom is 0.310 e. The first-order valence-electron chi connectivity index (χ1n) is 5.60. The lowest BCUT2D eigenvalue weighted by Crippen LogP contribution is -2.12. The molecule has 1 aromatic carbocycles. The molecule has 88 valence electrons. The smallest absolute Gasteiger partial charge is 0.310 e. The Kier molecular flexibility index (Phi) is 6.26. The molecular formula is C13H18O3. The summed E-state index contributed by atoms with van der Waals surface area (Å²) in [6, 6.07) is 9.57. The van der Waals surface area contributed by atoms with Crippen molar-refractivity contribution in [2.24, 2.45) is 0 Å². The minimum absolute atomic E-state index is 0.203.